The number of benzene rings is 2. The minimum Gasteiger partial charge on any atom is -0.496 e. The van der Waals surface area contributed by atoms with Crippen LogP contribution in [0, 0.1) is 0 Å². The lowest BCUT2D eigenvalue weighted by atomic mass is 10.1. The van der Waals surface area contributed by atoms with Crippen LogP contribution in [-0.2, 0) is 6.54 Å². The summed E-state index contributed by atoms with van der Waals surface area (Å²) < 4.78 is 5.20. The normalized spacial score (nSPS) is 10.4. The lowest BCUT2D eigenvalue weighted by Gasteiger charge is -2.09. The summed E-state index contributed by atoms with van der Waals surface area (Å²) in [6.07, 6.45) is 0. The van der Waals surface area contributed by atoms with E-state index in [1.54, 1.807) is 36.4 Å². The molecule has 0 radical (unpaired) electrons. The molecule has 0 aliphatic rings. The fraction of sp³-hybridized carbons (Fsp3) is 0.100. The van der Waals surface area contributed by atoms with Crippen molar-refractivity contribution >= 4 is 34.6 Å². The Morgan fingerprint density at radius 3 is 2.58 bits per heavy atom. The molecule has 0 saturated carbocycles. The van der Waals surface area contributed by atoms with Crippen molar-refractivity contribution in [3.05, 3.63) is 86.6 Å². The molecule has 6 heteroatoms. The number of ether oxygens (including phenoxy) is 1. The number of nitrogens with one attached hydrogen (secondary N) is 1. The van der Waals surface area contributed by atoms with Gasteiger partial charge in [-0.2, -0.15) is 0 Å². The van der Waals surface area contributed by atoms with Crippen molar-refractivity contribution in [3.63, 3.8) is 0 Å². The third-order valence-corrected chi connectivity index (χ3v) is 5.07. The van der Waals surface area contributed by atoms with E-state index >= 15 is 0 Å². The lowest BCUT2D eigenvalue weighted by Crippen LogP contribution is -2.22. The maximum atomic E-state index is 12.4. The molecule has 0 bridgehead atoms. The SMILES string of the molecule is COc1ccc(Cl)cc1C(=O)NCc1ccc(C(=O)c2ccccc2)s1. The van der Waals surface area contributed by atoms with E-state index in [0.717, 1.165) is 4.88 Å². The zero-order valence-electron chi connectivity index (χ0n) is 14.0. The fourth-order valence-electron chi connectivity index (χ4n) is 2.45. The Balaban J connectivity index is 1.68. The Morgan fingerprint density at radius 2 is 1.85 bits per heavy atom. The molecule has 3 aromatic rings. The summed E-state index contributed by atoms with van der Waals surface area (Å²) in [7, 11) is 1.50. The maximum absolute atomic E-state index is 12.4. The van der Waals surface area contributed by atoms with E-state index < -0.39 is 0 Å². The largest absolute Gasteiger partial charge is 0.496 e. The van der Waals surface area contributed by atoms with Crippen LogP contribution in [0.3, 0.4) is 0 Å². The third kappa shape index (κ3) is 4.12. The van der Waals surface area contributed by atoms with Crippen molar-refractivity contribution in [1.82, 2.24) is 5.32 Å². The highest BCUT2D eigenvalue weighted by molar-refractivity contribution is 7.14. The minimum atomic E-state index is -0.284. The quantitative estimate of drug-likeness (QED) is 0.632. The molecule has 0 spiro atoms. The lowest BCUT2D eigenvalue weighted by molar-refractivity contribution is 0.0947. The summed E-state index contributed by atoms with van der Waals surface area (Å²) >= 11 is 7.32. The van der Waals surface area contributed by atoms with Crippen LogP contribution in [0.4, 0.5) is 0 Å². The summed E-state index contributed by atoms with van der Waals surface area (Å²) in [5, 5.41) is 3.29. The van der Waals surface area contributed by atoms with Crippen molar-refractivity contribution < 1.29 is 14.3 Å². The minimum absolute atomic E-state index is 0.0234. The first kappa shape index (κ1) is 18.2. The van der Waals surface area contributed by atoms with Crippen LogP contribution in [0.1, 0.15) is 30.5 Å². The Labute approximate surface area is 160 Å². The van der Waals surface area contributed by atoms with Crippen molar-refractivity contribution in [3.8, 4) is 5.75 Å². The van der Waals surface area contributed by atoms with Gasteiger partial charge in [0.15, 0.2) is 0 Å². The molecule has 132 valence electrons. The van der Waals surface area contributed by atoms with E-state index in [9.17, 15) is 9.59 Å². The summed E-state index contributed by atoms with van der Waals surface area (Å²) in [6, 6.07) is 17.6. The molecule has 0 saturated heterocycles. The summed E-state index contributed by atoms with van der Waals surface area (Å²) in [4.78, 5) is 26.4. The van der Waals surface area contributed by atoms with Gasteiger partial charge in [-0.3, -0.25) is 9.59 Å². The van der Waals surface area contributed by atoms with Crippen molar-refractivity contribution in [1.29, 1.82) is 0 Å². The van der Waals surface area contributed by atoms with Gasteiger partial charge in [-0.25, -0.2) is 0 Å². The summed E-state index contributed by atoms with van der Waals surface area (Å²) in [5.41, 5.74) is 1.02. The Morgan fingerprint density at radius 1 is 1.08 bits per heavy atom. The predicted molar refractivity (Wildman–Crippen MR) is 103 cm³/mol. The summed E-state index contributed by atoms with van der Waals surface area (Å²) in [6.45, 7) is 0.321. The highest BCUT2D eigenvalue weighted by Crippen LogP contribution is 2.23. The van der Waals surface area contributed by atoms with Crippen molar-refractivity contribution in [2.24, 2.45) is 0 Å². The maximum Gasteiger partial charge on any atom is 0.255 e. The molecule has 0 aliphatic carbocycles. The van der Waals surface area contributed by atoms with Gasteiger partial charge >= 0.3 is 0 Å². The molecule has 0 fully saturated rings. The number of carbonyl (C=O) groups excluding carboxylic acids is 2. The third-order valence-electron chi connectivity index (χ3n) is 3.75. The Hall–Kier alpha value is -2.63. The standard InChI is InChI=1S/C20H16ClNO3S/c1-25-17-9-7-14(21)11-16(17)20(24)22-12-15-8-10-18(26-15)19(23)13-5-3-2-4-6-13/h2-11H,12H2,1H3,(H,22,24). The molecule has 1 amide bonds. The molecule has 0 atom stereocenters. The molecule has 2 aromatic carbocycles. The highest BCUT2D eigenvalue weighted by Gasteiger charge is 2.15. The number of ketones is 1. The molecular weight excluding hydrogens is 370 g/mol. The first-order valence-electron chi connectivity index (χ1n) is 7.88. The van der Waals surface area contributed by atoms with Gasteiger partial charge in [-0.15, -0.1) is 11.3 Å². The van der Waals surface area contributed by atoms with E-state index in [1.165, 1.54) is 18.4 Å². The van der Waals surface area contributed by atoms with Crippen LogP contribution in [0.5, 0.6) is 5.75 Å². The molecule has 26 heavy (non-hydrogen) atoms. The topological polar surface area (TPSA) is 55.4 Å². The zero-order valence-corrected chi connectivity index (χ0v) is 15.6. The molecular formula is C20H16ClNO3S. The van der Waals surface area contributed by atoms with E-state index in [4.69, 9.17) is 16.3 Å². The fourth-order valence-corrected chi connectivity index (χ4v) is 3.53. The second kappa shape index (κ2) is 8.17. The van der Waals surface area contributed by atoms with E-state index in [0.29, 0.717) is 33.3 Å². The number of rotatable bonds is 6. The Kier molecular flexibility index (Phi) is 5.71. The van der Waals surface area contributed by atoms with Gasteiger partial charge in [0.1, 0.15) is 5.75 Å². The number of amides is 1. The first-order chi connectivity index (χ1) is 12.6. The molecule has 4 nitrogen and oxygen atoms in total. The van der Waals surface area contributed by atoms with Crippen LogP contribution in [-0.4, -0.2) is 18.8 Å². The van der Waals surface area contributed by atoms with E-state index in [-0.39, 0.29) is 11.7 Å². The van der Waals surface area contributed by atoms with Gasteiger partial charge in [0.25, 0.3) is 5.91 Å². The second-order valence-corrected chi connectivity index (χ2v) is 7.09. The number of hydrogen-bond donors (Lipinski definition) is 1. The molecule has 0 unspecified atom stereocenters. The second-order valence-electron chi connectivity index (χ2n) is 5.49. The smallest absolute Gasteiger partial charge is 0.255 e. The van der Waals surface area contributed by atoms with Crippen LogP contribution < -0.4 is 10.1 Å². The molecule has 1 heterocycles. The molecule has 3 rings (SSSR count). The number of hydrogen-bond acceptors (Lipinski definition) is 4. The number of methoxy groups -OCH3 is 1. The van der Waals surface area contributed by atoms with Gasteiger partial charge in [0.05, 0.1) is 24.1 Å². The molecule has 1 N–H and O–H groups in total. The average Bonchev–Trinajstić information content (AvgIpc) is 3.15. The van der Waals surface area contributed by atoms with Crippen molar-refractivity contribution in [2.75, 3.05) is 7.11 Å². The van der Waals surface area contributed by atoms with Crippen LogP contribution in [0.2, 0.25) is 5.02 Å². The highest BCUT2D eigenvalue weighted by atomic mass is 35.5. The van der Waals surface area contributed by atoms with Crippen molar-refractivity contribution in [2.45, 2.75) is 6.54 Å². The van der Waals surface area contributed by atoms with Crippen LogP contribution >= 0.6 is 22.9 Å². The monoisotopic (exact) mass is 385 g/mol. The molecule has 0 aliphatic heterocycles. The molecule has 1 aromatic heterocycles. The van der Waals surface area contributed by atoms with Gasteiger partial charge in [-0.05, 0) is 30.3 Å². The van der Waals surface area contributed by atoms with Gasteiger partial charge in [0, 0.05) is 15.5 Å². The van der Waals surface area contributed by atoms with Gasteiger partial charge in [0.2, 0.25) is 5.78 Å². The van der Waals surface area contributed by atoms with Crippen LogP contribution in [0.25, 0.3) is 0 Å². The zero-order chi connectivity index (χ0) is 18.5. The van der Waals surface area contributed by atoms with E-state index in [1.807, 2.05) is 24.3 Å². The number of halogens is 1. The Bertz CT molecular complexity index is 937. The summed E-state index contributed by atoms with van der Waals surface area (Å²) in [5.74, 6) is 0.149. The van der Waals surface area contributed by atoms with Gasteiger partial charge < -0.3 is 10.1 Å². The number of thiophene rings is 1. The first-order valence-corrected chi connectivity index (χ1v) is 9.08. The predicted octanol–water partition coefficient (Wildman–Crippen LogP) is 4.57. The van der Waals surface area contributed by atoms with Crippen LogP contribution in [0.15, 0.2) is 60.7 Å². The van der Waals surface area contributed by atoms with E-state index in [2.05, 4.69) is 5.32 Å². The van der Waals surface area contributed by atoms with Gasteiger partial charge in [-0.1, -0.05) is 41.9 Å². The number of carbonyl (C=O) groups is 2. The average molecular weight is 386 g/mol.